The van der Waals surface area contributed by atoms with Gasteiger partial charge in [-0.1, -0.05) is 20.8 Å². The van der Waals surface area contributed by atoms with Gasteiger partial charge in [-0.3, -0.25) is 0 Å². The van der Waals surface area contributed by atoms with Crippen LogP contribution in [-0.2, 0) is 19.4 Å². The molecule has 0 aromatic carbocycles. The van der Waals surface area contributed by atoms with Gasteiger partial charge < -0.3 is 5.32 Å². The number of aryl methyl sites for hydroxylation is 1. The molecule has 1 aliphatic carbocycles. The maximum atomic E-state index is 4.83. The molecule has 0 saturated carbocycles. The Morgan fingerprint density at radius 1 is 1.21 bits per heavy atom. The van der Waals surface area contributed by atoms with Gasteiger partial charge in [0.1, 0.15) is 5.01 Å². The second kappa shape index (κ2) is 5.17. The Balaban J connectivity index is 2.04. The van der Waals surface area contributed by atoms with E-state index in [0.29, 0.717) is 5.41 Å². The van der Waals surface area contributed by atoms with E-state index in [1.165, 1.54) is 34.8 Å². The molecule has 1 heterocycles. The molecule has 2 rings (SSSR count). The number of rotatable bonds is 2. The Labute approximate surface area is 122 Å². The summed E-state index contributed by atoms with van der Waals surface area (Å²) in [5.41, 5.74) is 1.96. The molecular formula is C16H28N2S. The highest BCUT2D eigenvalue weighted by molar-refractivity contribution is 7.11. The van der Waals surface area contributed by atoms with Crippen molar-refractivity contribution in [3.63, 3.8) is 0 Å². The fourth-order valence-corrected chi connectivity index (χ4v) is 3.72. The summed E-state index contributed by atoms with van der Waals surface area (Å²) in [5, 5.41) is 4.80. The monoisotopic (exact) mass is 280 g/mol. The van der Waals surface area contributed by atoms with Crippen molar-refractivity contribution in [3.05, 3.63) is 15.6 Å². The molecule has 0 spiro atoms. The van der Waals surface area contributed by atoms with Gasteiger partial charge >= 0.3 is 0 Å². The molecule has 1 N–H and O–H groups in total. The average molecular weight is 280 g/mol. The lowest BCUT2D eigenvalue weighted by Crippen LogP contribution is -2.35. The Morgan fingerprint density at radius 2 is 1.89 bits per heavy atom. The molecule has 1 atom stereocenters. The van der Waals surface area contributed by atoms with Crippen molar-refractivity contribution < 1.29 is 0 Å². The van der Waals surface area contributed by atoms with E-state index in [4.69, 9.17) is 4.98 Å². The van der Waals surface area contributed by atoms with Gasteiger partial charge in [-0.15, -0.1) is 11.3 Å². The number of aromatic nitrogens is 1. The molecule has 0 amide bonds. The molecule has 0 radical (unpaired) electrons. The van der Waals surface area contributed by atoms with Crippen LogP contribution in [-0.4, -0.2) is 10.5 Å². The molecule has 0 aliphatic heterocycles. The van der Waals surface area contributed by atoms with Crippen molar-refractivity contribution >= 4 is 11.3 Å². The van der Waals surface area contributed by atoms with Crippen molar-refractivity contribution in [1.82, 2.24) is 10.3 Å². The second-order valence-electron chi connectivity index (χ2n) is 7.89. The summed E-state index contributed by atoms with van der Waals surface area (Å²) in [6, 6.07) is 0. The Bertz CT molecular complexity index is 435. The van der Waals surface area contributed by atoms with Crippen molar-refractivity contribution in [2.24, 2.45) is 11.3 Å². The highest BCUT2D eigenvalue weighted by Gasteiger charge is 2.30. The molecule has 1 aliphatic rings. The molecule has 2 nitrogen and oxygen atoms in total. The van der Waals surface area contributed by atoms with Crippen LogP contribution in [0.2, 0.25) is 0 Å². The van der Waals surface area contributed by atoms with E-state index in [0.717, 1.165) is 12.5 Å². The van der Waals surface area contributed by atoms with Crippen LogP contribution in [0, 0.1) is 11.3 Å². The van der Waals surface area contributed by atoms with E-state index in [1.54, 1.807) is 0 Å². The molecule has 0 fully saturated rings. The van der Waals surface area contributed by atoms with E-state index < -0.39 is 0 Å². The summed E-state index contributed by atoms with van der Waals surface area (Å²) in [5.74, 6) is 0.809. The lowest BCUT2D eigenvalue weighted by molar-refractivity contribution is 0.217. The normalized spacial score (nSPS) is 20.4. The molecule has 1 aromatic heterocycles. The van der Waals surface area contributed by atoms with Crippen LogP contribution in [0.4, 0.5) is 0 Å². The fourth-order valence-electron chi connectivity index (χ4n) is 2.58. The van der Waals surface area contributed by atoms with Crippen molar-refractivity contribution in [2.45, 2.75) is 72.9 Å². The quantitative estimate of drug-likeness (QED) is 0.879. The van der Waals surface area contributed by atoms with Crippen LogP contribution >= 0.6 is 11.3 Å². The zero-order chi connectivity index (χ0) is 14.3. The van der Waals surface area contributed by atoms with E-state index in [1.807, 2.05) is 11.3 Å². The first-order valence-corrected chi connectivity index (χ1v) is 8.19. The minimum Gasteiger partial charge on any atom is -0.306 e. The van der Waals surface area contributed by atoms with E-state index >= 15 is 0 Å². The van der Waals surface area contributed by atoms with Crippen molar-refractivity contribution in [2.75, 3.05) is 0 Å². The molecule has 1 unspecified atom stereocenters. The zero-order valence-electron chi connectivity index (χ0n) is 13.3. The van der Waals surface area contributed by atoms with Crippen LogP contribution in [0.5, 0.6) is 0 Å². The lowest BCUT2D eigenvalue weighted by Gasteiger charge is -2.33. The molecule has 3 heteroatoms. The van der Waals surface area contributed by atoms with Gasteiger partial charge in [0.15, 0.2) is 0 Å². The average Bonchev–Trinajstić information content (AvgIpc) is 2.65. The topological polar surface area (TPSA) is 24.9 Å². The van der Waals surface area contributed by atoms with Gasteiger partial charge in [-0.05, 0) is 51.4 Å². The Kier molecular flexibility index (Phi) is 4.08. The van der Waals surface area contributed by atoms with Gasteiger partial charge in [-0.2, -0.15) is 0 Å². The third kappa shape index (κ3) is 4.03. The van der Waals surface area contributed by atoms with Gasteiger partial charge in [0.2, 0.25) is 0 Å². The van der Waals surface area contributed by atoms with E-state index in [9.17, 15) is 0 Å². The molecule has 19 heavy (non-hydrogen) atoms. The summed E-state index contributed by atoms with van der Waals surface area (Å²) in [6.07, 6.45) is 3.70. The van der Waals surface area contributed by atoms with Crippen molar-refractivity contribution in [3.8, 4) is 0 Å². The number of fused-ring (bicyclic) bond motifs is 1. The summed E-state index contributed by atoms with van der Waals surface area (Å²) in [7, 11) is 0. The highest BCUT2D eigenvalue weighted by Crippen LogP contribution is 2.39. The number of nitrogens with one attached hydrogen (secondary N) is 1. The largest absolute Gasteiger partial charge is 0.306 e. The first-order valence-electron chi connectivity index (χ1n) is 7.37. The van der Waals surface area contributed by atoms with Crippen molar-refractivity contribution in [1.29, 1.82) is 0 Å². The summed E-state index contributed by atoms with van der Waals surface area (Å²) in [4.78, 5) is 6.37. The summed E-state index contributed by atoms with van der Waals surface area (Å²) < 4.78 is 0. The molecule has 1 aromatic rings. The van der Waals surface area contributed by atoms with Crippen LogP contribution < -0.4 is 5.32 Å². The lowest BCUT2D eigenvalue weighted by atomic mass is 9.73. The van der Waals surface area contributed by atoms with Gasteiger partial charge in [0, 0.05) is 17.0 Å². The minimum atomic E-state index is 0.167. The standard InChI is InChI=1S/C16H28N2S/c1-15(2,3)11-7-8-12-13(9-11)19-14(18-12)10-17-16(4,5)6/h11,17H,7-10H2,1-6H3. The van der Waals surface area contributed by atoms with Crippen LogP contribution in [0.1, 0.15) is 63.5 Å². The maximum absolute atomic E-state index is 4.83. The smallest absolute Gasteiger partial charge is 0.107 e. The number of nitrogens with zero attached hydrogens (tertiary/aromatic N) is 1. The van der Waals surface area contributed by atoms with Gasteiger partial charge in [0.05, 0.1) is 5.69 Å². The SMILES string of the molecule is CC(C)(C)NCc1nc2c(s1)CC(C(C)(C)C)CC2. The first-order chi connectivity index (χ1) is 8.65. The molecule has 0 bridgehead atoms. The summed E-state index contributed by atoms with van der Waals surface area (Å²) >= 11 is 1.92. The van der Waals surface area contributed by atoms with Crippen LogP contribution in [0.25, 0.3) is 0 Å². The molecule has 108 valence electrons. The third-order valence-corrected chi connectivity index (χ3v) is 5.10. The van der Waals surface area contributed by atoms with Gasteiger partial charge in [0.25, 0.3) is 0 Å². The van der Waals surface area contributed by atoms with Crippen LogP contribution in [0.15, 0.2) is 0 Å². The van der Waals surface area contributed by atoms with Gasteiger partial charge in [-0.25, -0.2) is 4.98 Å². The predicted molar refractivity (Wildman–Crippen MR) is 83.7 cm³/mol. The zero-order valence-corrected chi connectivity index (χ0v) is 14.1. The number of thiazole rings is 1. The third-order valence-electron chi connectivity index (χ3n) is 3.98. The second-order valence-corrected chi connectivity index (χ2v) is 9.05. The first kappa shape index (κ1) is 15.0. The Hall–Kier alpha value is -0.410. The van der Waals surface area contributed by atoms with E-state index in [2.05, 4.69) is 46.9 Å². The predicted octanol–water partition coefficient (Wildman–Crippen LogP) is 4.18. The maximum Gasteiger partial charge on any atom is 0.107 e. The minimum absolute atomic E-state index is 0.167. The molecule has 0 saturated heterocycles. The number of hydrogen-bond acceptors (Lipinski definition) is 3. The van der Waals surface area contributed by atoms with Crippen LogP contribution in [0.3, 0.4) is 0 Å². The molecular weight excluding hydrogens is 252 g/mol. The summed E-state index contributed by atoms with van der Waals surface area (Å²) in [6.45, 7) is 14.6. The highest BCUT2D eigenvalue weighted by atomic mass is 32.1. The Morgan fingerprint density at radius 3 is 2.47 bits per heavy atom. The number of hydrogen-bond donors (Lipinski definition) is 1. The fraction of sp³-hybridized carbons (Fsp3) is 0.812. The van der Waals surface area contributed by atoms with E-state index in [-0.39, 0.29) is 5.54 Å².